The van der Waals surface area contributed by atoms with E-state index in [-0.39, 0.29) is 23.7 Å². The fraction of sp³-hybridized carbons (Fsp3) is 0.588. The molecule has 1 saturated carbocycles. The third-order valence-corrected chi connectivity index (χ3v) is 4.69. The molecule has 2 aliphatic rings. The van der Waals surface area contributed by atoms with E-state index in [1.54, 1.807) is 7.11 Å². The Morgan fingerprint density at radius 1 is 1.43 bits per heavy atom. The summed E-state index contributed by atoms with van der Waals surface area (Å²) in [4.78, 5) is 14.8. The minimum absolute atomic E-state index is 0.0363. The van der Waals surface area contributed by atoms with Crippen molar-refractivity contribution in [2.24, 2.45) is 0 Å². The summed E-state index contributed by atoms with van der Waals surface area (Å²) < 4.78 is 5.26. The Balaban J connectivity index is 1.96. The Labute approximate surface area is 126 Å². The third-order valence-electron chi connectivity index (χ3n) is 4.69. The molecule has 0 bridgehead atoms. The van der Waals surface area contributed by atoms with E-state index >= 15 is 0 Å². The van der Waals surface area contributed by atoms with Crippen molar-refractivity contribution in [3.05, 3.63) is 34.9 Å². The third kappa shape index (κ3) is 2.36. The first-order valence-electron chi connectivity index (χ1n) is 7.65. The molecule has 114 valence electrons. The van der Waals surface area contributed by atoms with Gasteiger partial charge >= 0.3 is 0 Å². The summed E-state index contributed by atoms with van der Waals surface area (Å²) in [7, 11) is 1.68. The van der Waals surface area contributed by atoms with E-state index in [1.807, 2.05) is 4.90 Å². The van der Waals surface area contributed by atoms with Crippen molar-refractivity contribution in [3.8, 4) is 0 Å². The smallest absolute Gasteiger partial charge is 0.244 e. The number of carbonyl (C=O) groups excluding carboxylic acids is 1. The fourth-order valence-corrected chi connectivity index (χ4v) is 3.38. The topological polar surface area (TPSA) is 41.6 Å². The van der Waals surface area contributed by atoms with Crippen molar-refractivity contribution in [2.75, 3.05) is 13.7 Å². The summed E-state index contributed by atoms with van der Waals surface area (Å²) in [5.41, 5.74) is 3.37. The lowest BCUT2D eigenvalue weighted by Gasteiger charge is -2.31. The molecule has 2 atom stereocenters. The van der Waals surface area contributed by atoms with Gasteiger partial charge in [0.05, 0.1) is 12.6 Å². The molecule has 1 aliphatic carbocycles. The highest BCUT2D eigenvalue weighted by molar-refractivity contribution is 5.92. The van der Waals surface area contributed by atoms with Crippen LogP contribution in [0.15, 0.2) is 18.2 Å². The molecular formula is C17H24N2O2. The van der Waals surface area contributed by atoms with Gasteiger partial charge in [-0.1, -0.05) is 23.8 Å². The second-order valence-electron chi connectivity index (χ2n) is 6.51. The van der Waals surface area contributed by atoms with E-state index in [4.69, 9.17) is 4.74 Å². The molecule has 2 unspecified atom stereocenters. The number of rotatable bonds is 4. The van der Waals surface area contributed by atoms with Crippen molar-refractivity contribution in [1.82, 2.24) is 10.2 Å². The lowest BCUT2D eigenvalue weighted by molar-refractivity contribution is -0.133. The molecule has 2 fully saturated rings. The van der Waals surface area contributed by atoms with E-state index in [9.17, 15) is 4.79 Å². The number of nitrogens with one attached hydrogen (secondary N) is 1. The average molecular weight is 288 g/mol. The van der Waals surface area contributed by atoms with Gasteiger partial charge < -0.3 is 9.64 Å². The Morgan fingerprint density at radius 2 is 2.14 bits per heavy atom. The molecule has 1 amide bonds. The lowest BCUT2D eigenvalue weighted by atomic mass is 10.0. The number of hydrogen-bond donors (Lipinski definition) is 1. The molecule has 4 heteroatoms. The van der Waals surface area contributed by atoms with Crippen LogP contribution < -0.4 is 5.32 Å². The van der Waals surface area contributed by atoms with Crippen LogP contribution in [0.5, 0.6) is 0 Å². The van der Waals surface area contributed by atoms with Crippen molar-refractivity contribution in [1.29, 1.82) is 0 Å². The first-order valence-corrected chi connectivity index (χ1v) is 7.65. The molecule has 21 heavy (non-hydrogen) atoms. The molecule has 1 spiro atoms. The highest BCUT2D eigenvalue weighted by atomic mass is 16.5. The van der Waals surface area contributed by atoms with Crippen LogP contribution in [0.2, 0.25) is 0 Å². The van der Waals surface area contributed by atoms with Gasteiger partial charge in [0.2, 0.25) is 5.91 Å². The second-order valence-corrected chi connectivity index (χ2v) is 6.51. The fourth-order valence-electron chi connectivity index (χ4n) is 3.38. The highest BCUT2D eigenvalue weighted by Crippen LogP contribution is 2.47. The molecular weight excluding hydrogens is 264 g/mol. The molecule has 4 nitrogen and oxygen atoms in total. The molecule has 1 aliphatic heterocycles. The average Bonchev–Trinajstić information content (AvgIpc) is 3.13. The van der Waals surface area contributed by atoms with Crippen LogP contribution >= 0.6 is 0 Å². The van der Waals surface area contributed by atoms with E-state index in [0.717, 1.165) is 12.8 Å². The SMILES string of the molecule is COCC(C)N1C(=O)C2(CC2)NC1c1ccc(C)cc1C. The van der Waals surface area contributed by atoms with Gasteiger partial charge in [-0.15, -0.1) is 0 Å². The summed E-state index contributed by atoms with van der Waals surface area (Å²) in [6.07, 6.45) is 1.86. The standard InChI is InChI=1S/C17H24N2O2/c1-11-5-6-14(12(2)9-11)15-18-17(7-8-17)16(20)19(15)13(3)10-21-4/h5-6,9,13,15,18H,7-8,10H2,1-4H3. The molecule has 1 N–H and O–H groups in total. The molecule has 0 aromatic heterocycles. The van der Waals surface area contributed by atoms with Crippen LogP contribution in [0.4, 0.5) is 0 Å². The van der Waals surface area contributed by atoms with Gasteiger partial charge in [0.1, 0.15) is 11.7 Å². The summed E-state index contributed by atoms with van der Waals surface area (Å²) in [5.74, 6) is 0.233. The molecule has 0 radical (unpaired) electrons. The Morgan fingerprint density at radius 3 is 2.71 bits per heavy atom. The minimum Gasteiger partial charge on any atom is -0.383 e. The van der Waals surface area contributed by atoms with Gasteiger partial charge in [-0.25, -0.2) is 0 Å². The molecule has 1 heterocycles. The van der Waals surface area contributed by atoms with Crippen LogP contribution in [-0.4, -0.2) is 36.1 Å². The maximum atomic E-state index is 12.8. The summed E-state index contributed by atoms with van der Waals surface area (Å²) in [6.45, 7) is 6.83. The summed E-state index contributed by atoms with van der Waals surface area (Å²) in [5, 5.41) is 3.58. The molecule has 1 aromatic carbocycles. The molecule has 3 rings (SSSR count). The number of hydrogen-bond acceptors (Lipinski definition) is 3. The van der Waals surface area contributed by atoms with Crippen LogP contribution in [0.1, 0.15) is 42.6 Å². The van der Waals surface area contributed by atoms with Gasteiger partial charge in [-0.2, -0.15) is 0 Å². The van der Waals surface area contributed by atoms with E-state index in [2.05, 4.69) is 44.3 Å². The van der Waals surface area contributed by atoms with Gasteiger partial charge in [-0.05, 0) is 44.7 Å². The van der Waals surface area contributed by atoms with E-state index in [1.165, 1.54) is 16.7 Å². The predicted molar refractivity (Wildman–Crippen MR) is 81.9 cm³/mol. The van der Waals surface area contributed by atoms with Crippen LogP contribution in [0.3, 0.4) is 0 Å². The van der Waals surface area contributed by atoms with Gasteiger partial charge in [0.15, 0.2) is 0 Å². The molecule has 1 saturated heterocycles. The Hall–Kier alpha value is -1.39. The summed E-state index contributed by atoms with van der Waals surface area (Å²) >= 11 is 0. The maximum absolute atomic E-state index is 12.8. The summed E-state index contributed by atoms with van der Waals surface area (Å²) in [6, 6.07) is 6.51. The first kappa shape index (κ1) is 14.5. The van der Waals surface area contributed by atoms with Crippen molar-refractivity contribution < 1.29 is 9.53 Å². The number of amides is 1. The number of carbonyl (C=O) groups is 1. The van der Waals surface area contributed by atoms with E-state index in [0.29, 0.717) is 6.61 Å². The van der Waals surface area contributed by atoms with Gasteiger partial charge in [-0.3, -0.25) is 10.1 Å². The first-order chi connectivity index (χ1) is 9.98. The predicted octanol–water partition coefficient (Wildman–Crippen LogP) is 2.30. The maximum Gasteiger partial charge on any atom is 0.244 e. The van der Waals surface area contributed by atoms with Crippen molar-refractivity contribution >= 4 is 5.91 Å². The van der Waals surface area contributed by atoms with Crippen molar-refractivity contribution in [2.45, 2.75) is 51.4 Å². The van der Waals surface area contributed by atoms with E-state index < -0.39 is 0 Å². The van der Waals surface area contributed by atoms with Crippen LogP contribution in [-0.2, 0) is 9.53 Å². The number of aryl methyl sites for hydroxylation is 2. The lowest BCUT2D eigenvalue weighted by Crippen LogP contribution is -2.41. The highest BCUT2D eigenvalue weighted by Gasteiger charge is 2.60. The largest absolute Gasteiger partial charge is 0.383 e. The van der Waals surface area contributed by atoms with Crippen LogP contribution in [0, 0.1) is 13.8 Å². The van der Waals surface area contributed by atoms with Gasteiger partial charge in [0.25, 0.3) is 0 Å². The number of methoxy groups -OCH3 is 1. The zero-order chi connectivity index (χ0) is 15.2. The quantitative estimate of drug-likeness (QED) is 0.924. The second kappa shape index (κ2) is 5.11. The minimum atomic E-state index is -0.302. The van der Waals surface area contributed by atoms with Crippen molar-refractivity contribution in [3.63, 3.8) is 0 Å². The monoisotopic (exact) mass is 288 g/mol. The zero-order valence-corrected chi connectivity index (χ0v) is 13.3. The number of nitrogens with zero attached hydrogens (tertiary/aromatic N) is 1. The zero-order valence-electron chi connectivity index (χ0n) is 13.3. The molecule has 1 aromatic rings. The Kier molecular flexibility index (Phi) is 3.54. The van der Waals surface area contributed by atoms with Gasteiger partial charge in [0, 0.05) is 7.11 Å². The number of benzene rings is 1. The number of ether oxygens (including phenoxy) is 1. The Bertz CT molecular complexity index is 566. The normalized spacial score (nSPS) is 24.7. The van der Waals surface area contributed by atoms with Crippen LogP contribution in [0.25, 0.3) is 0 Å².